The van der Waals surface area contributed by atoms with Crippen LogP contribution in [0.2, 0.25) is 0 Å². The molecule has 0 aliphatic rings. The zero-order valence-electron chi connectivity index (χ0n) is 9.07. The molecular formula is C14H14ClN. The van der Waals surface area contributed by atoms with Crippen LogP contribution in [0, 0.1) is 0 Å². The smallest absolute Gasteiger partial charge is 0.0705 e. The largest absolute Gasteiger partial charge is 0.253 e. The maximum absolute atomic E-state index is 5.59. The first-order valence-electron chi connectivity index (χ1n) is 5.46. The number of hydrogen-bond acceptors (Lipinski definition) is 1. The quantitative estimate of drug-likeness (QED) is 0.573. The highest BCUT2D eigenvalue weighted by atomic mass is 35.5. The Labute approximate surface area is 101 Å². The van der Waals surface area contributed by atoms with E-state index in [0.717, 1.165) is 24.1 Å². The van der Waals surface area contributed by atoms with Crippen molar-refractivity contribution in [3.63, 3.8) is 0 Å². The number of para-hydroxylation sites is 1. The average molecular weight is 232 g/mol. The predicted octanol–water partition coefficient (Wildman–Crippen LogP) is 3.96. The molecule has 0 aliphatic heterocycles. The summed E-state index contributed by atoms with van der Waals surface area (Å²) in [7, 11) is 0. The monoisotopic (exact) mass is 231 g/mol. The molecule has 1 nitrogen and oxygen atoms in total. The number of hydrogen-bond donors (Lipinski definition) is 0. The molecule has 1 aromatic heterocycles. The number of fused-ring (bicyclic) bond motifs is 1. The third-order valence-electron chi connectivity index (χ3n) is 2.43. The maximum Gasteiger partial charge on any atom is 0.0705 e. The van der Waals surface area contributed by atoms with E-state index in [0.29, 0.717) is 5.88 Å². The number of alkyl halides is 1. The van der Waals surface area contributed by atoms with E-state index in [1.807, 2.05) is 18.2 Å². The molecule has 0 fully saturated rings. The molecule has 0 aliphatic carbocycles. The van der Waals surface area contributed by atoms with Gasteiger partial charge in [-0.05, 0) is 18.6 Å². The summed E-state index contributed by atoms with van der Waals surface area (Å²) in [6, 6.07) is 12.4. The molecule has 0 atom stereocenters. The number of benzene rings is 1. The van der Waals surface area contributed by atoms with Gasteiger partial charge in [-0.25, -0.2) is 0 Å². The van der Waals surface area contributed by atoms with E-state index in [9.17, 15) is 0 Å². The summed E-state index contributed by atoms with van der Waals surface area (Å²) in [5.41, 5.74) is 2.16. The molecule has 0 saturated carbocycles. The van der Waals surface area contributed by atoms with E-state index in [2.05, 4.69) is 35.3 Å². The molecule has 1 aromatic carbocycles. The Morgan fingerprint density at radius 2 is 1.94 bits per heavy atom. The molecule has 0 unspecified atom stereocenters. The third-order valence-corrected chi connectivity index (χ3v) is 2.64. The van der Waals surface area contributed by atoms with Crippen LogP contribution in [0.5, 0.6) is 0 Å². The van der Waals surface area contributed by atoms with Crippen molar-refractivity contribution in [1.29, 1.82) is 0 Å². The van der Waals surface area contributed by atoms with Gasteiger partial charge in [0.1, 0.15) is 0 Å². The van der Waals surface area contributed by atoms with Crippen LogP contribution in [0.15, 0.2) is 48.6 Å². The zero-order valence-corrected chi connectivity index (χ0v) is 9.82. The SMILES string of the molecule is ClCCC=CCc1ccc2ccccc2n1. The lowest BCUT2D eigenvalue weighted by Gasteiger charge is -1.99. The lowest BCUT2D eigenvalue weighted by molar-refractivity contribution is 1.12. The fraction of sp³-hybridized carbons (Fsp3) is 0.214. The molecule has 0 N–H and O–H groups in total. The van der Waals surface area contributed by atoms with Crippen molar-refractivity contribution in [2.24, 2.45) is 0 Å². The van der Waals surface area contributed by atoms with Crippen molar-refractivity contribution in [3.05, 3.63) is 54.2 Å². The van der Waals surface area contributed by atoms with Gasteiger partial charge in [0.15, 0.2) is 0 Å². The van der Waals surface area contributed by atoms with E-state index in [4.69, 9.17) is 11.6 Å². The van der Waals surface area contributed by atoms with Crippen LogP contribution in [0.25, 0.3) is 10.9 Å². The van der Waals surface area contributed by atoms with Crippen molar-refractivity contribution in [2.45, 2.75) is 12.8 Å². The molecule has 2 aromatic rings. The Bertz CT molecular complexity index is 491. The van der Waals surface area contributed by atoms with Crippen molar-refractivity contribution >= 4 is 22.5 Å². The van der Waals surface area contributed by atoms with Gasteiger partial charge in [0.25, 0.3) is 0 Å². The molecule has 2 rings (SSSR count). The minimum atomic E-state index is 0.682. The van der Waals surface area contributed by atoms with Gasteiger partial charge in [-0.3, -0.25) is 4.98 Å². The summed E-state index contributed by atoms with van der Waals surface area (Å²) in [6.45, 7) is 0. The van der Waals surface area contributed by atoms with Crippen LogP contribution in [0.4, 0.5) is 0 Å². The van der Waals surface area contributed by atoms with E-state index < -0.39 is 0 Å². The summed E-state index contributed by atoms with van der Waals surface area (Å²) >= 11 is 5.59. The van der Waals surface area contributed by atoms with Crippen LogP contribution in [0.3, 0.4) is 0 Å². The number of halogens is 1. The summed E-state index contributed by atoms with van der Waals surface area (Å²) in [4.78, 5) is 4.59. The third kappa shape index (κ3) is 2.83. The second-order valence-electron chi connectivity index (χ2n) is 3.65. The predicted molar refractivity (Wildman–Crippen MR) is 69.9 cm³/mol. The van der Waals surface area contributed by atoms with Gasteiger partial charge in [-0.1, -0.05) is 36.4 Å². The topological polar surface area (TPSA) is 12.9 Å². The summed E-state index contributed by atoms with van der Waals surface area (Å²) in [5.74, 6) is 0.682. The first kappa shape index (κ1) is 11.2. The fourth-order valence-corrected chi connectivity index (χ4v) is 1.73. The zero-order chi connectivity index (χ0) is 11.2. The molecule has 1 heterocycles. The van der Waals surface area contributed by atoms with E-state index in [-0.39, 0.29) is 0 Å². The molecule has 0 saturated heterocycles. The van der Waals surface area contributed by atoms with E-state index >= 15 is 0 Å². The first-order chi connectivity index (χ1) is 7.90. The minimum Gasteiger partial charge on any atom is -0.253 e. The van der Waals surface area contributed by atoms with Gasteiger partial charge in [0, 0.05) is 23.4 Å². The average Bonchev–Trinajstić information content (AvgIpc) is 2.34. The van der Waals surface area contributed by atoms with Gasteiger partial charge in [-0.2, -0.15) is 0 Å². The van der Waals surface area contributed by atoms with E-state index in [1.165, 1.54) is 5.39 Å². The lowest BCUT2D eigenvalue weighted by Crippen LogP contribution is -1.88. The number of allylic oxidation sites excluding steroid dienone is 2. The van der Waals surface area contributed by atoms with Gasteiger partial charge in [0.05, 0.1) is 5.52 Å². The Morgan fingerprint density at radius 1 is 1.06 bits per heavy atom. The maximum atomic E-state index is 5.59. The van der Waals surface area contributed by atoms with Crippen molar-refractivity contribution in [3.8, 4) is 0 Å². The summed E-state index contributed by atoms with van der Waals surface area (Å²) in [5, 5.41) is 1.19. The number of rotatable bonds is 4. The van der Waals surface area contributed by atoms with Crippen LogP contribution in [-0.4, -0.2) is 10.9 Å². The molecule has 0 radical (unpaired) electrons. The molecule has 0 bridgehead atoms. The van der Waals surface area contributed by atoms with Crippen LogP contribution in [0.1, 0.15) is 12.1 Å². The van der Waals surface area contributed by atoms with Gasteiger partial charge in [0.2, 0.25) is 0 Å². The highest BCUT2D eigenvalue weighted by molar-refractivity contribution is 6.17. The number of pyridine rings is 1. The van der Waals surface area contributed by atoms with Crippen LogP contribution in [-0.2, 0) is 6.42 Å². The normalized spacial score (nSPS) is 11.3. The molecular weight excluding hydrogens is 218 g/mol. The van der Waals surface area contributed by atoms with Gasteiger partial charge in [-0.15, -0.1) is 11.6 Å². The highest BCUT2D eigenvalue weighted by Gasteiger charge is 1.95. The van der Waals surface area contributed by atoms with Crippen LogP contribution < -0.4 is 0 Å². The van der Waals surface area contributed by atoms with Crippen molar-refractivity contribution in [1.82, 2.24) is 4.98 Å². The summed E-state index contributed by atoms with van der Waals surface area (Å²) < 4.78 is 0. The number of nitrogens with zero attached hydrogens (tertiary/aromatic N) is 1. The highest BCUT2D eigenvalue weighted by Crippen LogP contribution is 2.12. The van der Waals surface area contributed by atoms with Crippen LogP contribution >= 0.6 is 11.6 Å². The minimum absolute atomic E-state index is 0.682. The molecule has 0 spiro atoms. The molecule has 2 heteroatoms. The molecule has 0 amide bonds. The molecule has 16 heavy (non-hydrogen) atoms. The Balaban J connectivity index is 2.13. The Morgan fingerprint density at radius 3 is 2.81 bits per heavy atom. The second-order valence-corrected chi connectivity index (χ2v) is 4.03. The van der Waals surface area contributed by atoms with Crippen molar-refractivity contribution in [2.75, 3.05) is 5.88 Å². The van der Waals surface area contributed by atoms with Gasteiger partial charge < -0.3 is 0 Å². The second kappa shape index (κ2) is 5.66. The van der Waals surface area contributed by atoms with Crippen molar-refractivity contribution < 1.29 is 0 Å². The fourth-order valence-electron chi connectivity index (χ4n) is 1.61. The van der Waals surface area contributed by atoms with E-state index in [1.54, 1.807) is 0 Å². The standard InChI is InChI=1S/C14H14ClN/c15-11-5-1-2-7-13-10-9-12-6-3-4-8-14(12)16-13/h1-4,6,8-10H,5,7,11H2. The Kier molecular flexibility index (Phi) is 3.95. The number of aromatic nitrogens is 1. The Hall–Kier alpha value is -1.34. The first-order valence-corrected chi connectivity index (χ1v) is 5.99. The van der Waals surface area contributed by atoms with Gasteiger partial charge >= 0.3 is 0 Å². The lowest BCUT2D eigenvalue weighted by atomic mass is 10.2. The summed E-state index contributed by atoms with van der Waals surface area (Å²) in [6.07, 6.45) is 6.03. The molecule has 82 valence electrons.